The van der Waals surface area contributed by atoms with Gasteiger partial charge in [-0.1, -0.05) is 29.8 Å². The molecular formula is C15H12ClF2NO. The summed E-state index contributed by atoms with van der Waals surface area (Å²) in [5, 5.41) is 0.702. The molecule has 0 fully saturated rings. The third-order valence-electron chi connectivity index (χ3n) is 2.48. The molecule has 0 aliphatic carbocycles. The SMILES string of the molecule is FCF.[C-]#[N+]c1cc(-c2ccc(Cl)cc2)ccc1OC. The van der Waals surface area contributed by atoms with Crippen LogP contribution in [0.5, 0.6) is 5.75 Å². The minimum absolute atomic E-state index is 0.514. The first-order valence-electron chi connectivity index (χ1n) is 5.59. The maximum Gasteiger partial charge on any atom is 0.229 e. The maximum atomic E-state index is 9.62. The molecule has 2 aromatic carbocycles. The molecule has 2 aromatic rings. The lowest BCUT2D eigenvalue weighted by molar-refractivity contribution is 0.295. The Bertz CT molecular complexity index is 594. The Balaban J connectivity index is 0.000000612. The summed E-state index contributed by atoms with van der Waals surface area (Å²) in [5.74, 6) is 0.595. The van der Waals surface area contributed by atoms with Gasteiger partial charge < -0.3 is 4.74 Å². The molecule has 0 radical (unpaired) electrons. The molecule has 0 saturated carbocycles. The van der Waals surface area contributed by atoms with Crippen molar-refractivity contribution in [3.05, 3.63) is 58.9 Å². The molecule has 2 nitrogen and oxygen atoms in total. The third-order valence-corrected chi connectivity index (χ3v) is 2.73. The Morgan fingerprint density at radius 1 is 1.10 bits per heavy atom. The van der Waals surface area contributed by atoms with Gasteiger partial charge in [0.25, 0.3) is 0 Å². The standard InChI is InChI=1S/C14H10ClNO.CH2F2/c1-16-13-9-11(5-8-14(13)17-2)10-3-6-12(15)7-4-10;2-1-3/h3-9H,2H3;1H2. The van der Waals surface area contributed by atoms with Gasteiger partial charge in [0.05, 0.1) is 13.7 Å². The summed E-state index contributed by atoms with van der Waals surface area (Å²) in [4.78, 5) is 3.44. The van der Waals surface area contributed by atoms with E-state index in [0.29, 0.717) is 16.5 Å². The van der Waals surface area contributed by atoms with Gasteiger partial charge >= 0.3 is 0 Å². The van der Waals surface area contributed by atoms with Gasteiger partial charge in [0, 0.05) is 5.02 Å². The lowest BCUT2D eigenvalue weighted by Crippen LogP contribution is -1.84. The molecule has 0 unspecified atom stereocenters. The molecular weight excluding hydrogens is 284 g/mol. The van der Waals surface area contributed by atoms with Crippen molar-refractivity contribution in [2.75, 3.05) is 14.0 Å². The van der Waals surface area contributed by atoms with Gasteiger partial charge in [0.1, 0.15) is 5.75 Å². The summed E-state index contributed by atoms with van der Waals surface area (Å²) in [6.45, 7) is 5.36. The van der Waals surface area contributed by atoms with Gasteiger partial charge in [0.15, 0.2) is 0 Å². The largest absolute Gasteiger partial charge is 0.508 e. The van der Waals surface area contributed by atoms with Gasteiger partial charge in [-0.15, -0.1) is 0 Å². The summed E-state index contributed by atoms with van der Waals surface area (Å²) >= 11 is 5.84. The van der Waals surface area contributed by atoms with E-state index in [1.165, 1.54) is 0 Å². The number of benzene rings is 2. The minimum atomic E-state index is -1.75. The molecule has 104 valence electrons. The Labute approximate surface area is 121 Å². The second-order valence-electron chi connectivity index (χ2n) is 3.61. The molecule has 0 spiro atoms. The Hall–Kier alpha value is -2.12. The monoisotopic (exact) mass is 295 g/mol. The molecule has 0 amide bonds. The van der Waals surface area contributed by atoms with Crippen LogP contribution < -0.4 is 4.74 Å². The van der Waals surface area contributed by atoms with Crippen LogP contribution in [0.4, 0.5) is 14.5 Å². The highest BCUT2D eigenvalue weighted by Crippen LogP contribution is 2.32. The van der Waals surface area contributed by atoms with E-state index in [4.69, 9.17) is 22.9 Å². The predicted octanol–water partition coefficient (Wildman–Crippen LogP) is 5.45. The van der Waals surface area contributed by atoms with Crippen LogP contribution in [0.15, 0.2) is 42.5 Å². The zero-order valence-corrected chi connectivity index (χ0v) is 11.5. The lowest BCUT2D eigenvalue weighted by atomic mass is 10.0. The molecule has 0 aliphatic heterocycles. The van der Waals surface area contributed by atoms with Crippen LogP contribution in [0.1, 0.15) is 0 Å². The zero-order valence-electron chi connectivity index (χ0n) is 10.7. The Morgan fingerprint density at radius 2 is 1.65 bits per heavy atom. The quantitative estimate of drug-likeness (QED) is 0.672. The van der Waals surface area contributed by atoms with Crippen molar-refractivity contribution in [2.45, 2.75) is 0 Å². The molecule has 0 aromatic heterocycles. The van der Waals surface area contributed by atoms with Crippen LogP contribution in [0.3, 0.4) is 0 Å². The van der Waals surface area contributed by atoms with Crippen molar-refractivity contribution in [3.63, 3.8) is 0 Å². The molecule has 0 aliphatic rings. The minimum Gasteiger partial charge on any atom is -0.508 e. The van der Waals surface area contributed by atoms with E-state index < -0.39 is 6.93 Å². The first-order chi connectivity index (χ1) is 9.65. The van der Waals surface area contributed by atoms with Crippen molar-refractivity contribution in [1.29, 1.82) is 0 Å². The third kappa shape index (κ3) is 4.22. The number of alkyl halides is 2. The van der Waals surface area contributed by atoms with Crippen molar-refractivity contribution in [3.8, 4) is 16.9 Å². The van der Waals surface area contributed by atoms with E-state index in [2.05, 4.69) is 4.85 Å². The molecule has 0 N–H and O–H groups in total. The highest BCUT2D eigenvalue weighted by Gasteiger charge is 2.05. The van der Waals surface area contributed by atoms with Crippen molar-refractivity contribution >= 4 is 17.3 Å². The zero-order chi connectivity index (χ0) is 15.0. The topological polar surface area (TPSA) is 13.6 Å². The van der Waals surface area contributed by atoms with Crippen LogP contribution in [-0.2, 0) is 0 Å². The van der Waals surface area contributed by atoms with E-state index in [1.54, 1.807) is 13.2 Å². The molecule has 0 atom stereocenters. The van der Waals surface area contributed by atoms with E-state index in [0.717, 1.165) is 11.1 Å². The number of halogens is 3. The van der Waals surface area contributed by atoms with Gasteiger partial charge in [-0.25, -0.2) is 13.6 Å². The van der Waals surface area contributed by atoms with Gasteiger partial charge in [-0.3, -0.25) is 0 Å². The fraction of sp³-hybridized carbons (Fsp3) is 0.133. The normalized spacial score (nSPS) is 9.15. The highest BCUT2D eigenvalue weighted by molar-refractivity contribution is 6.30. The van der Waals surface area contributed by atoms with E-state index in [9.17, 15) is 8.78 Å². The number of methoxy groups -OCH3 is 1. The summed E-state index contributed by atoms with van der Waals surface area (Å²) in [7, 11) is 1.56. The second kappa shape index (κ2) is 8.13. The molecule has 0 heterocycles. The van der Waals surface area contributed by atoms with Crippen LogP contribution in [0.2, 0.25) is 5.02 Å². The summed E-state index contributed by atoms with van der Waals surface area (Å²) < 4.78 is 24.4. The predicted molar refractivity (Wildman–Crippen MR) is 76.8 cm³/mol. The number of hydrogen-bond acceptors (Lipinski definition) is 1. The van der Waals surface area contributed by atoms with Crippen LogP contribution >= 0.6 is 11.6 Å². The average Bonchev–Trinajstić information content (AvgIpc) is 2.48. The first-order valence-corrected chi connectivity index (χ1v) is 5.97. The van der Waals surface area contributed by atoms with E-state index >= 15 is 0 Å². The van der Waals surface area contributed by atoms with Crippen LogP contribution in [0, 0.1) is 6.57 Å². The van der Waals surface area contributed by atoms with Crippen LogP contribution in [-0.4, -0.2) is 14.0 Å². The van der Waals surface area contributed by atoms with Crippen molar-refractivity contribution in [2.24, 2.45) is 0 Å². The Kier molecular flexibility index (Phi) is 6.48. The fourth-order valence-electron chi connectivity index (χ4n) is 1.60. The number of hydrogen-bond donors (Lipinski definition) is 0. The average molecular weight is 296 g/mol. The highest BCUT2D eigenvalue weighted by atomic mass is 35.5. The van der Waals surface area contributed by atoms with E-state index in [-0.39, 0.29) is 0 Å². The molecule has 5 heteroatoms. The molecule has 0 bridgehead atoms. The first kappa shape index (κ1) is 15.9. The van der Waals surface area contributed by atoms with Crippen molar-refractivity contribution in [1.82, 2.24) is 0 Å². The molecule has 0 saturated heterocycles. The summed E-state index contributed by atoms with van der Waals surface area (Å²) in [5.41, 5.74) is 2.52. The van der Waals surface area contributed by atoms with Gasteiger partial charge in [-0.2, -0.15) is 0 Å². The lowest BCUT2D eigenvalue weighted by Gasteiger charge is -2.06. The number of rotatable bonds is 2. The van der Waals surface area contributed by atoms with Crippen LogP contribution in [0.25, 0.3) is 16.0 Å². The molecule has 2 rings (SSSR count). The number of ether oxygens (including phenoxy) is 1. The summed E-state index contributed by atoms with van der Waals surface area (Å²) in [6.07, 6.45) is 0. The van der Waals surface area contributed by atoms with E-state index in [1.807, 2.05) is 36.4 Å². The second-order valence-corrected chi connectivity index (χ2v) is 4.04. The fourth-order valence-corrected chi connectivity index (χ4v) is 1.73. The Morgan fingerprint density at radius 3 is 2.15 bits per heavy atom. The summed E-state index contributed by atoms with van der Waals surface area (Å²) in [6, 6.07) is 13.1. The van der Waals surface area contributed by atoms with Gasteiger partial charge in [-0.05, 0) is 35.4 Å². The van der Waals surface area contributed by atoms with Crippen molar-refractivity contribution < 1.29 is 13.5 Å². The smallest absolute Gasteiger partial charge is 0.229 e. The van der Waals surface area contributed by atoms with Gasteiger partial charge in [0.2, 0.25) is 12.6 Å². The molecule has 20 heavy (non-hydrogen) atoms. The maximum absolute atomic E-state index is 9.62. The number of nitrogens with zero attached hydrogens (tertiary/aromatic N) is 1.